The molecule has 0 saturated heterocycles. The van der Waals surface area contributed by atoms with Crippen LogP contribution in [0.2, 0.25) is 0 Å². The van der Waals surface area contributed by atoms with Crippen LogP contribution in [0.4, 0.5) is 11.4 Å². The number of amides is 1. The largest absolute Gasteiger partial charge is 0.486 e. The lowest BCUT2D eigenvalue weighted by Gasteiger charge is -2.35. The summed E-state index contributed by atoms with van der Waals surface area (Å²) in [5.74, 6) is 0.617. The second kappa shape index (κ2) is 7.38. The Hall–Kier alpha value is -2.82. The molecule has 1 unspecified atom stereocenters. The Morgan fingerprint density at radius 2 is 1.96 bits per heavy atom. The van der Waals surface area contributed by atoms with Crippen molar-refractivity contribution in [3.8, 4) is 5.75 Å². The third kappa shape index (κ3) is 3.99. The van der Waals surface area contributed by atoms with Gasteiger partial charge in [0.15, 0.2) is 5.78 Å². The highest BCUT2D eigenvalue weighted by Crippen LogP contribution is 2.35. The van der Waals surface area contributed by atoms with Crippen LogP contribution in [0.15, 0.2) is 48.5 Å². The van der Waals surface area contributed by atoms with Gasteiger partial charge in [-0.25, -0.2) is 0 Å². The first-order chi connectivity index (χ1) is 12.1. The molecule has 2 aromatic carbocycles. The molecule has 130 valence electrons. The van der Waals surface area contributed by atoms with Crippen molar-refractivity contribution in [2.75, 3.05) is 23.3 Å². The minimum Gasteiger partial charge on any atom is -0.486 e. The van der Waals surface area contributed by atoms with Gasteiger partial charge in [-0.3, -0.25) is 9.59 Å². The van der Waals surface area contributed by atoms with E-state index in [-0.39, 0.29) is 24.3 Å². The molecule has 3 rings (SSSR count). The minimum atomic E-state index is -0.0952. The van der Waals surface area contributed by atoms with E-state index in [0.29, 0.717) is 12.1 Å². The number of para-hydroxylation sites is 1. The summed E-state index contributed by atoms with van der Waals surface area (Å²) < 4.78 is 5.96. The number of benzene rings is 2. The predicted octanol–water partition coefficient (Wildman–Crippen LogP) is 3.51. The maximum absolute atomic E-state index is 12.4. The first-order valence-corrected chi connectivity index (χ1v) is 8.48. The molecule has 0 aliphatic carbocycles. The SMILES string of the molecule is CCC1CN(CC(=O)Nc2ccccc2)c2cc(C(C)=O)ccc2O1. The molecule has 0 saturated carbocycles. The van der Waals surface area contributed by atoms with Gasteiger partial charge >= 0.3 is 0 Å². The summed E-state index contributed by atoms with van der Waals surface area (Å²) in [6, 6.07) is 14.8. The molecule has 0 aromatic heterocycles. The number of hydrogen-bond acceptors (Lipinski definition) is 4. The molecule has 0 radical (unpaired) electrons. The molecule has 1 aliphatic rings. The Morgan fingerprint density at radius 3 is 2.64 bits per heavy atom. The van der Waals surface area contributed by atoms with E-state index in [1.165, 1.54) is 6.92 Å². The quantitative estimate of drug-likeness (QED) is 0.848. The van der Waals surface area contributed by atoms with Gasteiger partial charge in [0.25, 0.3) is 0 Å². The van der Waals surface area contributed by atoms with Crippen molar-refractivity contribution in [2.45, 2.75) is 26.4 Å². The first kappa shape index (κ1) is 17.0. The molecule has 0 fully saturated rings. The average Bonchev–Trinajstić information content (AvgIpc) is 2.61. The number of ether oxygens (including phenoxy) is 1. The van der Waals surface area contributed by atoms with Gasteiger partial charge in [0.05, 0.1) is 18.8 Å². The lowest BCUT2D eigenvalue weighted by atomic mass is 10.1. The molecule has 1 atom stereocenters. The van der Waals surface area contributed by atoms with Gasteiger partial charge in [-0.1, -0.05) is 25.1 Å². The fourth-order valence-corrected chi connectivity index (χ4v) is 2.90. The number of anilines is 2. The number of nitrogens with one attached hydrogen (secondary N) is 1. The van der Waals surface area contributed by atoms with Crippen molar-refractivity contribution < 1.29 is 14.3 Å². The molecule has 5 nitrogen and oxygen atoms in total. The van der Waals surface area contributed by atoms with E-state index in [1.807, 2.05) is 41.3 Å². The van der Waals surface area contributed by atoms with E-state index in [9.17, 15) is 9.59 Å². The van der Waals surface area contributed by atoms with E-state index in [2.05, 4.69) is 12.2 Å². The lowest BCUT2D eigenvalue weighted by molar-refractivity contribution is -0.115. The van der Waals surface area contributed by atoms with E-state index in [0.717, 1.165) is 23.5 Å². The Balaban J connectivity index is 1.81. The van der Waals surface area contributed by atoms with Crippen molar-refractivity contribution in [2.24, 2.45) is 0 Å². The highest BCUT2D eigenvalue weighted by Gasteiger charge is 2.26. The van der Waals surface area contributed by atoms with Crippen LogP contribution in [0.5, 0.6) is 5.75 Å². The molecule has 1 N–H and O–H groups in total. The standard InChI is InChI=1S/C20H22N2O3/c1-3-17-12-22(13-20(24)21-16-7-5-4-6-8-16)18-11-15(14(2)23)9-10-19(18)25-17/h4-11,17H,3,12-13H2,1-2H3,(H,21,24). The Kier molecular flexibility index (Phi) is 5.03. The monoisotopic (exact) mass is 338 g/mol. The van der Waals surface area contributed by atoms with Gasteiger partial charge in [0, 0.05) is 11.3 Å². The first-order valence-electron chi connectivity index (χ1n) is 8.48. The van der Waals surface area contributed by atoms with Gasteiger partial charge in [-0.05, 0) is 43.7 Å². The molecule has 2 aromatic rings. The molecular weight excluding hydrogens is 316 g/mol. The van der Waals surface area contributed by atoms with Crippen LogP contribution in [-0.2, 0) is 4.79 Å². The summed E-state index contributed by atoms with van der Waals surface area (Å²) in [5.41, 5.74) is 2.18. The van der Waals surface area contributed by atoms with Crippen LogP contribution in [0.3, 0.4) is 0 Å². The number of Topliss-reactive ketones (excluding diaryl/α,β-unsaturated/α-hetero) is 1. The highest BCUT2D eigenvalue weighted by molar-refractivity contribution is 5.97. The number of nitrogens with zero attached hydrogens (tertiary/aromatic N) is 1. The zero-order chi connectivity index (χ0) is 17.8. The summed E-state index contributed by atoms with van der Waals surface area (Å²) in [6.45, 7) is 4.42. The number of carbonyl (C=O) groups is 2. The molecule has 25 heavy (non-hydrogen) atoms. The normalized spacial score (nSPS) is 15.9. The van der Waals surface area contributed by atoms with Crippen molar-refractivity contribution in [3.63, 3.8) is 0 Å². The Morgan fingerprint density at radius 1 is 1.20 bits per heavy atom. The van der Waals surface area contributed by atoms with Crippen molar-refractivity contribution >= 4 is 23.1 Å². The third-order valence-electron chi connectivity index (χ3n) is 4.27. The lowest BCUT2D eigenvalue weighted by Crippen LogP contribution is -2.43. The second-order valence-corrected chi connectivity index (χ2v) is 6.18. The van der Waals surface area contributed by atoms with Crippen LogP contribution in [0.25, 0.3) is 0 Å². The Bertz CT molecular complexity index is 774. The Labute approximate surface area is 147 Å². The van der Waals surface area contributed by atoms with Crippen LogP contribution in [-0.4, -0.2) is 30.9 Å². The molecule has 1 aliphatic heterocycles. The van der Waals surface area contributed by atoms with Crippen LogP contribution in [0, 0.1) is 0 Å². The summed E-state index contributed by atoms with van der Waals surface area (Å²) in [5, 5.41) is 2.90. The molecule has 1 amide bonds. The van der Waals surface area contributed by atoms with Crippen LogP contribution < -0.4 is 15.0 Å². The van der Waals surface area contributed by atoms with Crippen molar-refractivity contribution in [1.82, 2.24) is 0 Å². The van der Waals surface area contributed by atoms with Crippen molar-refractivity contribution in [1.29, 1.82) is 0 Å². The van der Waals surface area contributed by atoms with Crippen molar-refractivity contribution in [3.05, 3.63) is 54.1 Å². The maximum Gasteiger partial charge on any atom is 0.243 e. The van der Waals surface area contributed by atoms with Gasteiger partial charge in [-0.15, -0.1) is 0 Å². The predicted molar refractivity (Wildman–Crippen MR) is 98.4 cm³/mol. The van der Waals surface area contributed by atoms with Crippen LogP contribution >= 0.6 is 0 Å². The van der Waals surface area contributed by atoms with E-state index in [1.54, 1.807) is 12.1 Å². The van der Waals surface area contributed by atoms with E-state index in [4.69, 9.17) is 4.74 Å². The summed E-state index contributed by atoms with van der Waals surface area (Å²) >= 11 is 0. The molecule has 0 spiro atoms. The molecule has 5 heteroatoms. The van der Waals surface area contributed by atoms with E-state index < -0.39 is 0 Å². The van der Waals surface area contributed by atoms with E-state index >= 15 is 0 Å². The number of rotatable bonds is 5. The minimum absolute atomic E-state index is 0.00546. The third-order valence-corrected chi connectivity index (χ3v) is 4.27. The number of carbonyl (C=O) groups excluding carboxylic acids is 2. The topological polar surface area (TPSA) is 58.6 Å². The summed E-state index contributed by atoms with van der Waals surface area (Å²) in [7, 11) is 0. The van der Waals surface area contributed by atoms with Gasteiger partial charge in [-0.2, -0.15) is 0 Å². The molecule has 0 bridgehead atoms. The maximum atomic E-state index is 12.4. The van der Waals surface area contributed by atoms with Gasteiger partial charge in [0.2, 0.25) is 5.91 Å². The van der Waals surface area contributed by atoms with Gasteiger partial charge in [0.1, 0.15) is 11.9 Å². The molecular formula is C20H22N2O3. The van der Waals surface area contributed by atoms with Gasteiger partial charge < -0.3 is 15.0 Å². The zero-order valence-corrected chi connectivity index (χ0v) is 14.5. The molecule has 1 heterocycles. The summed E-state index contributed by atoms with van der Waals surface area (Å²) in [4.78, 5) is 26.1. The number of fused-ring (bicyclic) bond motifs is 1. The number of hydrogen-bond donors (Lipinski definition) is 1. The highest BCUT2D eigenvalue weighted by atomic mass is 16.5. The fraction of sp³-hybridized carbons (Fsp3) is 0.300. The fourth-order valence-electron chi connectivity index (χ4n) is 2.90. The number of ketones is 1. The van der Waals surface area contributed by atoms with Crippen LogP contribution in [0.1, 0.15) is 30.6 Å². The zero-order valence-electron chi connectivity index (χ0n) is 14.5. The summed E-state index contributed by atoms with van der Waals surface area (Å²) in [6.07, 6.45) is 0.880. The smallest absolute Gasteiger partial charge is 0.243 e. The second-order valence-electron chi connectivity index (χ2n) is 6.18. The average molecular weight is 338 g/mol.